The monoisotopic (exact) mass is 500 g/mol. The largest absolute Gasteiger partial charge is 0.484 e. The third-order valence-corrected chi connectivity index (χ3v) is 6.18. The van der Waals surface area contributed by atoms with Crippen LogP contribution in [0.2, 0.25) is 10.0 Å². The zero-order valence-electron chi connectivity index (χ0n) is 19.4. The van der Waals surface area contributed by atoms with Crippen LogP contribution in [0.25, 0.3) is 0 Å². The number of ether oxygens (including phenoxy) is 2. The molecule has 0 aliphatic carbocycles. The summed E-state index contributed by atoms with van der Waals surface area (Å²) in [4.78, 5) is 24.6. The predicted octanol–water partition coefficient (Wildman–Crippen LogP) is 6.26. The molecule has 0 unspecified atom stereocenters. The van der Waals surface area contributed by atoms with E-state index in [9.17, 15) is 9.59 Å². The summed E-state index contributed by atoms with van der Waals surface area (Å²) in [7, 11) is 0. The maximum atomic E-state index is 12.3. The Bertz CT molecular complexity index is 1090. The summed E-state index contributed by atoms with van der Waals surface area (Å²) in [5.74, 6) is 0.486. The molecule has 0 aliphatic heterocycles. The molecule has 0 atom stereocenters. The molecule has 3 rings (SSSR count). The molecule has 178 valence electrons. The summed E-state index contributed by atoms with van der Waals surface area (Å²) in [6.45, 7) is 7.19. The van der Waals surface area contributed by atoms with Crippen molar-refractivity contribution >= 4 is 46.4 Å². The van der Waals surface area contributed by atoms with Gasteiger partial charge in [0.15, 0.2) is 13.2 Å². The molecule has 34 heavy (non-hydrogen) atoms. The summed E-state index contributed by atoms with van der Waals surface area (Å²) >= 11 is 12.3. The van der Waals surface area contributed by atoms with Gasteiger partial charge in [0, 0.05) is 21.4 Å². The molecule has 2 amide bonds. The van der Waals surface area contributed by atoms with E-state index in [-0.39, 0.29) is 25.0 Å². The highest BCUT2D eigenvalue weighted by atomic mass is 35.5. The molecule has 0 aliphatic rings. The van der Waals surface area contributed by atoms with Crippen LogP contribution in [0, 0.1) is 27.7 Å². The number of aryl methyl sites for hydroxylation is 4. The summed E-state index contributed by atoms with van der Waals surface area (Å²) in [6.07, 6.45) is 0. The molecule has 0 saturated carbocycles. The van der Waals surface area contributed by atoms with E-state index in [1.807, 2.05) is 27.7 Å². The first-order valence-electron chi connectivity index (χ1n) is 10.6. The molecule has 0 heterocycles. The van der Waals surface area contributed by atoms with Crippen LogP contribution in [0.1, 0.15) is 22.3 Å². The Morgan fingerprint density at radius 3 is 1.38 bits per heavy atom. The molecule has 3 aromatic rings. The fourth-order valence-electron chi connectivity index (χ4n) is 3.35. The molecule has 2 N–H and O–H groups in total. The first-order valence-corrected chi connectivity index (χ1v) is 11.4. The third-order valence-electron chi connectivity index (χ3n) is 4.99. The fourth-order valence-corrected chi connectivity index (χ4v) is 3.56. The summed E-state index contributed by atoms with van der Waals surface area (Å²) < 4.78 is 11.2. The lowest BCUT2D eigenvalue weighted by atomic mass is 10.1. The number of carbonyl (C=O) groups excluding carboxylic acids is 2. The number of rotatable bonds is 8. The minimum Gasteiger partial charge on any atom is -0.484 e. The van der Waals surface area contributed by atoms with E-state index in [1.165, 1.54) is 0 Å². The van der Waals surface area contributed by atoms with Crippen molar-refractivity contribution < 1.29 is 19.1 Å². The van der Waals surface area contributed by atoms with Crippen LogP contribution < -0.4 is 20.1 Å². The summed E-state index contributed by atoms with van der Waals surface area (Å²) in [5.41, 5.74) is 4.58. The fraction of sp³-hybridized carbons (Fsp3) is 0.231. The third kappa shape index (κ3) is 6.89. The van der Waals surface area contributed by atoms with Crippen LogP contribution >= 0.6 is 23.2 Å². The van der Waals surface area contributed by atoms with Crippen LogP contribution in [-0.2, 0) is 9.59 Å². The van der Waals surface area contributed by atoms with Gasteiger partial charge in [0.25, 0.3) is 11.8 Å². The lowest BCUT2D eigenvalue weighted by molar-refractivity contribution is -0.118. The van der Waals surface area contributed by atoms with E-state index in [0.717, 1.165) is 22.3 Å². The number of nitrogens with one attached hydrogen (secondary N) is 2. The second-order valence-corrected chi connectivity index (χ2v) is 8.75. The van der Waals surface area contributed by atoms with Crippen LogP contribution in [0.5, 0.6) is 11.5 Å². The number of carbonyl (C=O) groups is 2. The van der Waals surface area contributed by atoms with Crippen molar-refractivity contribution in [2.45, 2.75) is 27.7 Å². The molecule has 0 aromatic heterocycles. The SMILES string of the molecule is Cc1cc(OCC(=O)Nc2cccc(NC(=O)COc3cc(C)c(Cl)c(C)c3)c2)cc(C)c1Cl. The maximum absolute atomic E-state index is 12.3. The second-order valence-electron chi connectivity index (χ2n) is 8.00. The summed E-state index contributed by atoms with van der Waals surface area (Å²) in [5, 5.41) is 6.87. The number of halogens is 2. The molecular weight excluding hydrogens is 475 g/mol. The standard InChI is InChI=1S/C26H26Cl2N2O4/c1-15-8-21(9-16(2)25(15)27)33-13-23(31)29-19-6-5-7-20(12-19)30-24(32)14-34-22-10-17(3)26(28)18(4)11-22/h5-12H,13-14H2,1-4H3,(H,29,31)(H,30,32). The first-order chi connectivity index (χ1) is 16.1. The molecule has 0 radical (unpaired) electrons. The minimum absolute atomic E-state index is 0.162. The van der Waals surface area contributed by atoms with Gasteiger partial charge in [0.2, 0.25) is 0 Å². The average molecular weight is 501 g/mol. The number of benzene rings is 3. The Morgan fingerprint density at radius 1 is 0.676 bits per heavy atom. The van der Waals surface area contributed by atoms with Crippen molar-refractivity contribution in [3.05, 3.63) is 80.8 Å². The highest BCUT2D eigenvalue weighted by Crippen LogP contribution is 2.27. The molecule has 3 aromatic carbocycles. The van der Waals surface area contributed by atoms with E-state index in [1.54, 1.807) is 48.5 Å². The second kappa shape index (κ2) is 11.3. The lowest BCUT2D eigenvalue weighted by Crippen LogP contribution is -2.21. The van der Waals surface area contributed by atoms with Gasteiger partial charge in [0.05, 0.1) is 0 Å². The van der Waals surface area contributed by atoms with E-state index in [4.69, 9.17) is 32.7 Å². The lowest BCUT2D eigenvalue weighted by Gasteiger charge is -2.12. The van der Waals surface area contributed by atoms with Crippen molar-refractivity contribution in [3.63, 3.8) is 0 Å². The van der Waals surface area contributed by atoms with Gasteiger partial charge in [-0.05, 0) is 92.4 Å². The predicted molar refractivity (Wildman–Crippen MR) is 137 cm³/mol. The zero-order valence-corrected chi connectivity index (χ0v) is 20.9. The molecule has 0 saturated heterocycles. The van der Waals surface area contributed by atoms with Gasteiger partial charge in [-0.2, -0.15) is 0 Å². The van der Waals surface area contributed by atoms with Crippen molar-refractivity contribution in [2.75, 3.05) is 23.8 Å². The van der Waals surface area contributed by atoms with Gasteiger partial charge in [-0.25, -0.2) is 0 Å². The van der Waals surface area contributed by atoms with Gasteiger partial charge in [-0.15, -0.1) is 0 Å². The van der Waals surface area contributed by atoms with Crippen LogP contribution in [0.4, 0.5) is 11.4 Å². The van der Waals surface area contributed by atoms with E-state index < -0.39 is 0 Å². The number of hydrogen-bond acceptors (Lipinski definition) is 4. The maximum Gasteiger partial charge on any atom is 0.262 e. The number of hydrogen-bond donors (Lipinski definition) is 2. The molecule has 0 bridgehead atoms. The van der Waals surface area contributed by atoms with Gasteiger partial charge in [-0.1, -0.05) is 29.3 Å². The first kappa shape index (κ1) is 25.4. The topological polar surface area (TPSA) is 76.7 Å². The minimum atomic E-state index is -0.328. The quantitative estimate of drug-likeness (QED) is 0.382. The normalized spacial score (nSPS) is 10.5. The van der Waals surface area contributed by atoms with Crippen LogP contribution in [0.3, 0.4) is 0 Å². The van der Waals surface area contributed by atoms with Crippen LogP contribution in [0.15, 0.2) is 48.5 Å². The summed E-state index contributed by atoms with van der Waals surface area (Å²) in [6, 6.07) is 14.0. The highest BCUT2D eigenvalue weighted by Gasteiger charge is 2.10. The van der Waals surface area contributed by atoms with E-state index in [0.29, 0.717) is 32.9 Å². The molecule has 0 spiro atoms. The van der Waals surface area contributed by atoms with E-state index >= 15 is 0 Å². The van der Waals surface area contributed by atoms with Gasteiger partial charge >= 0.3 is 0 Å². The van der Waals surface area contributed by atoms with Crippen molar-refractivity contribution in [1.82, 2.24) is 0 Å². The van der Waals surface area contributed by atoms with Crippen molar-refractivity contribution in [2.24, 2.45) is 0 Å². The Labute approximate surface area is 209 Å². The van der Waals surface area contributed by atoms with Crippen LogP contribution in [-0.4, -0.2) is 25.0 Å². The molecule has 8 heteroatoms. The van der Waals surface area contributed by atoms with Crippen molar-refractivity contribution in [1.29, 1.82) is 0 Å². The van der Waals surface area contributed by atoms with Crippen molar-refractivity contribution in [3.8, 4) is 11.5 Å². The van der Waals surface area contributed by atoms with Gasteiger partial charge in [-0.3, -0.25) is 9.59 Å². The van der Waals surface area contributed by atoms with E-state index in [2.05, 4.69) is 10.6 Å². The molecular formula is C26H26Cl2N2O4. The number of anilines is 2. The Hall–Kier alpha value is -3.22. The van der Waals surface area contributed by atoms with Gasteiger partial charge in [0.1, 0.15) is 11.5 Å². The Kier molecular flexibility index (Phi) is 8.42. The molecule has 6 nitrogen and oxygen atoms in total. The molecule has 0 fully saturated rings. The Morgan fingerprint density at radius 2 is 1.03 bits per heavy atom. The average Bonchev–Trinajstić information content (AvgIpc) is 2.78. The highest BCUT2D eigenvalue weighted by molar-refractivity contribution is 6.32. The van der Waals surface area contributed by atoms with Gasteiger partial charge < -0.3 is 20.1 Å². The smallest absolute Gasteiger partial charge is 0.262 e. The Balaban J connectivity index is 1.52. The zero-order chi connectivity index (χ0) is 24.8. The number of amides is 2.